The number of carbonyl (C=O) groups excluding carboxylic acids is 3. The average Bonchev–Trinajstić information content (AvgIpc) is 3.08. The van der Waals surface area contributed by atoms with Gasteiger partial charge in [0.15, 0.2) is 6.29 Å². The second kappa shape index (κ2) is 36.4. The summed E-state index contributed by atoms with van der Waals surface area (Å²) in [6, 6.07) is 0. The minimum absolute atomic E-state index is 0.0634. The van der Waals surface area contributed by atoms with Crippen LogP contribution < -0.4 is 5.32 Å². The standard InChI is InChI=1S/C40H76N2O6/c1-4-7-10-12-14-16-18-20-22-24-26-28-39(45)47-35-33-42(38(44)31-30-37(43)41-32-9-6-3)34-36-48-40(46)29-27-25-23-21-19-17-15-13-11-8-5-2/h6,39,45H,3-5,7-36H2,1-2H3,(H,41,43). The van der Waals surface area contributed by atoms with Gasteiger partial charge in [-0.15, -0.1) is 6.58 Å². The predicted molar refractivity (Wildman–Crippen MR) is 199 cm³/mol. The van der Waals surface area contributed by atoms with Crippen LogP contribution in [0.1, 0.15) is 187 Å². The Morgan fingerprint density at radius 2 is 1.15 bits per heavy atom. The van der Waals surface area contributed by atoms with Crippen LogP contribution in [0.2, 0.25) is 0 Å². The molecule has 0 radical (unpaired) electrons. The zero-order valence-electron chi connectivity index (χ0n) is 31.4. The molecule has 0 aromatic heterocycles. The Morgan fingerprint density at radius 3 is 1.67 bits per heavy atom. The normalized spacial score (nSPS) is 11.7. The van der Waals surface area contributed by atoms with Crippen molar-refractivity contribution in [2.24, 2.45) is 0 Å². The number of nitrogens with zero attached hydrogens (tertiary/aromatic N) is 1. The highest BCUT2D eigenvalue weighted by molar-refractivity contribution is 5.83. The second-order valence-corrected chi connectivity index (χ2v) is 13.5. The molecule has 0 heterocycles. The third-order valence-electron chi connectivity index (χ3n) is 8.92. The highest BCUT2D eigenvalue weighted by Crippen LogP contribution is 2.14. The molecule has 2 N–H and O–H groups in total. The smallest absolute Gasteiger partial charge is 0.305 e. The monoisotopic (exact) mass is 681 g/mol. The van der Waals surface area contributed by atoms with Crippen molar-refractivity contribution in [1.29, 1.82) is 0 Å². The number of unbranched alkanes of at least 4 members (excludes halogenated alkanes) is 20. The van der Waals surface area contributed by atoms with Gasteiger partial charge in [-0.25, -0.2) is 0 Å². The lowest BCUT2D eigenvalue weighted by molar-refractivity contribution is -0.147. The van der Waals surface area contributed by atoms with Crippen LogP contribution in [0.5, 0.6) is 0 Å². The molecule has 8 heteroatoms. The summed E-state index contributed by atoms with van der Waals surface area (Å²) in [4.78, 5) is 38.9. The van der Waals surface area contributed by atoms with Crippen molar-refractivity contribution in [2.75, 3.05) is 32.8 Å². The molecule has 282 valence electrons. The van der Waals surface area contributed by atoms with E-state index in [-0.39, 0.29) is 56.9 Å². The van der Waals surface area contributed by atoms with Gasteiger partial charge in [0, 0.05) is 32.4 Å². The van der Waals surface area contributed by atoms with Crippen LogP contribution in [0.4, 0.5) is 0 Å². The SMILES string of the molecule is C=CCCNC(=O)CCC(=O)N(CCOC(=O)CCCCCCCCCCCCC)CCOC(O)CCCCCCCCCCCCC. The first kappa shape index (κ1) is 46.1. The Hall–Kier alpha value is -1.93. The molecule has 1 unspecified atom stereocenters. The quantitative estimate of drug-likeness (QED) is 0.0293. The van der Waals surface area contributed by atoms with Gasteiger partial charge in [0.1, 0.15) is 6.61 Å². The molecule has 0 aromatic carbocycles. The molecule has 0 spiro atoms. The molecule has 1 atom stereocenters. The van der Waals surface area contributed by atoms with Crippen LogP contribution in [-0.4, -0.2) is 66.9 Å². The number of rotatable bonds is 37. The van der Waals surface area contributed by atoms with Crippen LogP contribution in [0.3, 0.4) is 0 Å². The molecule has 0 aliphatic heterocycles. The fraction of sp³-hybridized carbons (Fsp3) is 0.875. The molecule has 0 saturated heterocycles. The van der Waals surface area contributed by atoms with Gasteiger partial charge < -0.3 is 24.8 Å². The lowest BCUT2D eigenvalue weighted by Gasteiger charge is -2.23. The number of aliphatic hydroxyl groups is 1. The molecular weight excluding hydrogens is 604 g/mol. The number of esters is 1. The van der Waals surface area contributed by atoms with Crippen molar-refractivity contribution in [3.8, 4) is 0 Å². The van der Waals surface area contributed by atoms with Crippen LogP contribution in [0.15, 0.2) is 12.7 Å². The van der Waals surface area contributed by atoms with Crippen molar-refractivity contribution < 1.29 is 29.0 Å². The third kappa shape index (κ3) is 32.6. The van der Waals surface area contributed by atoms with Crippen LogP contribution in [0, 0.1) is 0 Å². The Bertz CT molecular complexity index is 762. The van der Waals surface area contributed by atoms with E-state index in [0.717, 1.165) is 32.1 Å². The van der Waals surface area contributed by atoms with Gasteiger partial charge in [-0.3, -0.25) is 14.4 Å². The molecule has 0 aromatic rings. The molecule has 0 aliphatic carbocycles. The summed E-state index contributed by atoms with van der Waals surface area (Å²) in [5, 5.41) is 13.1. The molecule has 0 saturated carbocycles. The van der Waals surface area contributed by atoms with Gasteiger partial charge in [-0.1, -0.05) is 148 Å². The maximum atomic E-state index is 13.0. The van der Waals surface area contributed by atoms with E-state index in [1.807, 2.05) is 0 Å². The summed E-state index contributed by atoms with van der Waals surface area (Å²) < 4.78 is 11.1. The molecule has 0 aliphatic rings. The zero-order valence-corrected chi connectivity index (χ0v) is 31.4. The zero-order chi connectivity index (χ0) is 35.3. The summed E-state index contributed by atoms with van der Waals surface area (Å²) in [6.45, 7) is 9.43. The molecular formula is C40H76N2O6. The van der Waals surface area contributed by atoms with Crippen LogP contribution in [-0.2, 0) is 23.9 Å². The van der Waals surface area contributed by atoms with Crippen molar-refractivity contribution in [1.82, 2.24) is 10.2 Å². The molecule has 0 fully saturated rings. The average molecular weight is 681 g/mol. The van der Waals surface area contributed by atoms with E-state index in [1.165, 1.54) is 109 Å². The van der Waals surface area contributed by atoms with Crippen molar-refractivity contribution in [3.63, 3.8) is 0 Å². The number of ether oxygens (including phenoxy) is 2. The first-order valence-electron chi connectivity index (χ1n) is 20.0. The van der Waals surface area contributed by atoms with E-state index >= 15 is 0 Å². The summed E-state index contributed by atoms with van der Waals surface area (Å²) in [5.41, 5.74) is 0. The summed E-state index contributed by atoms with van der Waals surface area (Å²) in [6.07, 6.45) is 29.9. The van der Waals surface area contributed by atoms with E-state index in [9.17, 15) is 19.5 Å². The number of nitrogens with one attached hydrogen (secondary N) is 1. The van der Waals surface area contributed by atoms with Crippen LogP contribution >= 0.6 is 0 Å². The van der Waals surface area contributed by atoms with Crippen LogP contribution in [0.25, 0.3) is 0 Å². The van der Waals surface area contributed by atoms with Gasteiger partial charge >= 0.3 is 5.97 Å². The Balaban J connectivity index is 4.29. The number of aliphatic hydroxyl groups excluding tert-OH is 1. The van der Waals surface area contributed by atoms with E-state index < -0.39 is 6.29 Å². The van der Waals surface area contributed by atoms with E-state index in [4.69, 9.17) is 9.47 Å². The predicted octanol–water partition coefficient (Wildman–Crippen LogP) is 9.57. The number of amides is 2. The number of carbonyl (C=O) groups is 3. The van der Waals surface area contributed by atoms with Gasteiger partial charge in [-0.2, -0.15) is 0 Å². The fourth-order valence-electron chi connectivity index (χ4n) is 5.78. The van der Waals surface area contributed by atoms with Gasteiger partial charge in [0.2, 0.25) is 11.8 Å². The summed E-state index contributed by atoms with van der Waals surface area (Å²) in [5.74, 6) is -0.612. The van der Waals surface area contributed by atoms with Gasteiger partial charge in [-0.05, 0) is 25.7 Å². The van der Waals surface area contributed by atoms with Crippen molar-refractivity contribution in [2.45, 2.75) is 193 Å². The number of hydrogen-bond acceptors (Lipinski definition) is 6. The highest BCUT2D eigenvalue weighted by atomic mass is 16.6. The van der Waals surface area contributed by atoms with Gasteiger partial charge in [0.05, 0.1) is 13.2 Å². The minimum atomic E-state index is -0.861. The second-order valence-electron chi connectivity index (χ2n) is 13.5. The van der Waals surface area contributed by atoms with E-state index in [2.05, 4.69) is 25.7 Å². The topological polar surface area (TPSA) is 105 Å². The maximum Gasteiger partial charge on any atom is 0.305 e. The molecule has 0 bridgehead atoms. The Kier molecular flexibility index (Phi) is 34.9. The first-order valence-corrected chi connectivity index (χ1v) is 20.0. The van der Waals surface area contributed by atoms with E-state index in [0.29, 0.717) is 25.8 Å². The minimum Gasteiger partial charge on any atom is -0.464 e. The lowest BCUT2D eigenvalue weighted by Crippen LogP contribution is -2.38. The Labute approximate surface area is 295 Å². The first-order chi connectivity index (χ1) is 23.4. The highest BCUT2D eigenvalue weighted by Gasteiger charge is 2.17. The molecule has 0 rings (SSSR count). The largest absolute Gasteiger partial charge is 0.464 e. The van der Waals surface area contributed by atoms with Gasteiger partial charge in [0.25, 0.3) is 0 Å². The van der Waals surface area contributed by atoms with Crippen molar-refractivity contribution in [3.05, 3.63) is 12.7 Å². The molecule has 48 heavy (non-hydrogen) atoms. The fourth-order valence-corrected chi connectivity index (χ4v) is 5.78. The van der Waals surface area contributed by atoms with Crippen molar-refractivity contribution >= 4 is 17.8 Å². The molecule has 8 nitrogen and oxygen atoms in total. The number of hydrogen-bond donors (Lipinski definition) is 2. The summed E-state index contributed by atoms with van der Waals surface area (Å²) in [7, 11) is 0. The Morgan fingerprint density at radius 1 is 0.667 bits per heavy atom. The van der Waals surface area contributed by atoms with E-state index in [1.54, 1.807) is 11.0 Å². The molecule has 2 amide bonds. The maximum absolute atomic E-state index is 13.0. The lowest BCUT2D eigenvalue weighted by atomic mass is 10.1. The summed E-state index contributed by atoms with van der Waals surface area (Å²) >= 11 is 0. The third-order valence-corrected chi connectivity index (χ3v) is 8.92.